The molecule has 0 unspecified atom stereocenters. The first-order valence-corrected chi connectivity index (χ1v) is 11.2. The first-order valence-electron chi connectivity index (χ1n) is 8.16. The molecular formula is C18H16BrN3O2S2. The number of pyridine rings is 1. The third-order valence-corrected chi connectivity index (χ3v) is 8.06. The summed E-state index contributed by atoms with van der Waals surface area (Å²) in [6.07, 6.45) is 6.67. The highest BCUT2D eigenvalue weighted by atomic mass is 79.9. The molecule has 0 bridgehead atoms. The second kappa shape index (κ2) is 7.19. The van der Waals surface area contributed by atoms with Gasteiger partial charge in [0.1, 0.15) is 5.01 Å². The van der Waals surface area contributed by atoms with Gasteiger partial charge in [-0.15, -0.1) is 11.3 Å². The van der Waals surface area contributed by atoms with E-state index in [2.05, 4.69) is 25.9 Å². The average molecular weight is 450 g/mol. The SMILES string of the molecule is O=S(=O)(c1cnc(-c2ccc(Br)cc2)s1)N(Cc1cccnc1)C1CC1. The maximum absolute atomic E-state index is 13.2. The molecule has 8 heteroatoms. The van der Waals surface area contributed by atoms with E-state index in [1.807, 2.05) is 36.4 Å². The summed E-state index contributed by atoms with van der Waals surface area (Å²) in [7, 11) is -3.58. The molecule has 0 atom stereocenters. The molecule has 2 aromatic heterocycles. The Morgan fingerprint density at radius 1 is 1.15 bits per heavy atom. The van der Waals surface area contributed by atoms with Crippen LogP contribution in [0.15, 0.2) is 63.7 Å². The van der Waals surface area contributed by atoms with Crippen LogP contribution < -0.4 is 0 Å². The number of halogens is 1. The third-order valence-electron chi connectivity index (χ3n) is 4.15. The van der Waals surface area contributed by atoms with Crippen molar-refractivity contribution in [3.05, 3.63) is 65.0 Å². The van der Waals surface area contributed by atoms with Crippen molar-refractivity contribution in [3.8, 4) is 10.6 Å². The summed E-state index contributed by atoms with van der Waals surface area (Å²) in [5, 5.41) is 0.702. The number of thiazole rings is 1. The molecule has 1 saturated carbocycles. The summed E-state index contributed by atoms with van der Waals surface area (Å²) in [4.78, 5) is 8.42. The quantitative estimate of drug-likeness (QED) is 0.561. The highest BCUT2D eigenvalue weighted by Gasteiger charge is 2.39. The number of rotatable bonds is 6. The van der Waals surface area contributed by atoms with Gasteiger partial charge in [0.05, 0.1) is 6.20 Å². The van der Waals surface area contributed by atoms with Crippen molar-refractivity contribution in [2.75, 3.05) is 0 Å². The molecule has 5 nitrogen and oxygen atoms in total. The first-order chi connectivity index (χ1) is 12.5. The second-order valence-corrected chi connectivity index (χ2v) is 10.2. The molecule has 0 N–H and O–H groups in total. The summed E-state index contributed by atoms with van der Waals surface area (Å²) in [5.74, 6) is 0. The molecule has 0 aliphatic heterocycles. The van der Waals surface area contributed by atoms with Crippen molar-refractivity contribution in [2.24, 2.45) is 0 Å². The van der Waals surface area contributed by atoms with Crippen LogP contribution in [0.3, 0.4) is 0 Å². The third kappa shape index (κ3) is 3.73. The number of hydrogen-bond donors (Lipinski definition) is 0. The van der Waals surface area contributed by atoms with Crippen LogP contribution >= 0.6 is 27.3 Å². The zero-order chi connectivity index (χ0) is 18.1. The van der Waals surface area contributed by atoms with Crippen LogP contribution in [0.25, 0.3) is 10.6 Å². The summed E-state index contributed by atoms with van der Waals surface area (Å²) in [5.41, 5.74) is 1.80. The van der Waals surface area contributed by atoms with Crippen molar-refractivity contribution in [3.63, 3.8) is 0 Å². The molecule has 1 aromatic carbocycles. The summed E-state index contributed by atoms with van der Waals surface area (Å²) in [6, 6.07) is 11.5. The minimum absolute atomic E-state index is 0.0680. The van der Waals surface area contributed by atoms with Crippen molar-refractivity contribution >= 4 is 37.3 Å². The number of sulfonamides is 1. The van der Waals surface area contributed by atoms with E-state index in [1.165, 1.54) is 17.5 Å². The summed E-state index contributed by atoms with van der Waals surface area (Å²) < 4.78 is 29.2. The smallest absolute Gasteiger partial charge is 0.254 e. The second-order valence-electron chi connectivity index (χ2n) is 6.13. The van der Waals surface area contributed by atoms with E-state index in [-0.39, 0.29) is 10.3 Å². The lowest BCUT2D eigenvalue weighted by molar-refractivity contribution is 0.399. The Bertz CT molecular complexity index is 1000. The van der Waals surface area contributed by atoms with Crippen LogP contribution in [-0.2, 0) is 16.6 Å². The first kappa shape index (κ1) is 17.8. The molecule has 1 aliphatic rings. The average Bonchev–Trinajstić information content (AvgIpc) is 3.36. The normalized spacial score (nSPS) is 14.7. The molecule has 0 amide bonds. The molecule has 0 spiro atoms. The maximum Gasteiger partial charge on any atom is 0.254 e. The predicted molar refractivity (Wildman–Crippen MR) is 105 cm³/mol. The van der Waals surface area contributed by atoms with E-state index in [4.69, 9.17) is 0 Å². The fourth-order valence-corrected chi connectivity index (χ4v) is 5.87. The van der Waals surface area contributed by atoms with Crippen LogP contribution in [0.4, 0.5) is 0 Å². The van der Waals surface area contributed by atoms with Gasteiger partial charge in [-0.3, -0.25) is 4.98 Å². The van der Waals surface area contributed by atoms with Crippen molar-refractivity contribution in [1.29, 1.82) is 0 Å². The van der Waals surface area contributed by atoms with Gasteiger partial charge < -0.3 is 0 Å². The topological polar surface area (TPSA) is 63.2 Å². The van der Waals surface area contributed by atoms with E-state index in [1.54, 1.807) is 16.7 Å². The molecule has 3 aromatic rings. The van der Waals surface area contributed by atoms with Crippen molar-refractivity contribution in [2.45, 2.75) is 29.6 Å². The Balaban J connectivity index is 1.63. The molecule has 134 valence electrons. The Hall–Kier alpha value is -1.61. The lowest BCUT2D eigenvalue weighted by Crippen LogP contribution is -2.32. The molecule has 4 rings (SSSR count). The monoisotopic (exact) mass is 449 g/mol. The Kier molecular flexibility index (Phi) is 4.92. The van der Waals surface area contributed by atoms with E-state index in [0.717, 1.165) is 28.4 Å². The number of nitrogens with zero attached hydrogens (tertiary/aromatic N) is 3. The molecule has 1 aliphatic carbocycles. The van der Waals surface area contributed by atoms with Gasteiger partial charge in [0.15, 0.2) is 4.21 Å². The van der Waals surface area contributed by atoms with E-state index < -0.39 is 10.0 Å². The fourth-order valence-electron chi connectivity index (χ4n) is 2.66. The molecule has 1 fully saturated rings. The minimum atomic E-state index is -3.58. The van der Waals surface area contributed by atoms with Crippen LogP contribution in [0.2, 0.25) is 0 Å². The zero-order valence-corrected chi connectivity index (χ0v) is 17.0. The van der Waals surface area contributed by atoms with Gasteiger partial charge in [-0.25, -0.2) is 13.4 Å². The number of benzene rings is 1. The molecule has 0 radical (unpaired) electrons. The summed E-state index contributed by atoms with van der Waals surface area (Å²) >= 11 is 4.61. The Morgan fingerprint density at radius 2 is 1.92 bits per heavy atom. The molecule has 2 heterocycles. The van der Waals surface area contributed by atoms with Crippen LogP contribution in [0, 0.1) is 0 Å². The standard InChI is InChI=1S/C18H16BrN3O2S2/c19-15-5-3-14(4-6-15)18-21-11-17(25-18)26(23,24)22(16-7-8-16)12-13-2-1-9-20-10-13/h1-6,9-11,16H,7-8,12H2. The van der Waals surface area contributed by atoms with E-state index >= 15 is 0 Å². The highest BCUT2D eigenvalue weighted by molar-refractivity contribution is 9.10. The van der Waals surface area contributed by atoms with Crippen molar-refractivity contribution < 1.29 is 8.42 Å². The van der Waals surface area contributed by atoms with Gasteiger partial charge in [-0.05, 0) is 36.6 Å². The van der Waals surface area contributed by atoms with Gasteiger partial charge in [0.25, 0.3) is 10.0 Å². The largest absolute Gasteiger partial charge is 0.264 e. The van der Waals surface area contributed by atoms with Crippen LogP contribution in [-0.4, -0.2) is 28.7 Å². The fraction of sp³-hybridized carbons (Fsp3) is 0.222. The number of aromatic nitrogens is 2. The summed E-state index contributed by atoms with van der Waals surface area (Å²) in [6.45, 7) is 0.340. The van der Waals surface area contributed by atoms with Crippen LogP contribution in [0.5, 0.6) is 0 Å². The van der Waals surface area contributed by atoms with Gasteiger partial charge >= 0.3 is 0 Å². The molecular weight excluding hydrogens is 434 g/mol. The zero-order valence-electron chi connectivity index (χ0n) is 13.7. The lowest BCUT2D eigenvalue weighted by Gasteiger charge is -2.20. The molecule has 26 heavy (non-hydrogen) atoms. The Labute approximate surface area is 164 Å². The molecule has 0 saturated heterocycles. The van der Waals surface area contributed by atoms with Gasteiger partial charge in [0.2, 0.25) is 0 Å². The van der Waals surface area contributed by atoms with Gasteiger partial charge in [-0.1, -0.05) is 34.1 Å². The highest BCUT2D eigenvalue weighted by Crippen LogP contribution is 2.36. The minimum Gasteiger partial charge on any atom is -0.264 e. The van der Waals surface area contributed by atoms with Gasteiger partial charge in [0, 0.05) is 35.0 Å². The van der Waals surface area contributed by atoms with E-state index in [0.29, 0.717) is 11.6 Å². The van der Waals surface area contributed by atoms with Gasteiger partial charge in [-0.2, -0.15) is 4.31 Å². The lowest BCUT2D eigenvalue weighted by atomic mass is 10.2. The maximum atomic E-state index is 13.2. The predicted octanol–water partition coefficient (Wildman–Crippen LogP) is 4.32. The van der Waals surface area contributed by atoms with Crippen LogP contribution in [0.1, 0.15) is 18.4 Å². The Morgan fingerprint density at radius 3 is 2.58 bits per heavy atom. The van der Waals surface area contributed by atoms with E-state index in [9.17, 15) is 8.42 Å². The number of hydrogen-bond acceptors (Lipinski definition) is 5. The van der Waals surface area contributed by atoms with Crippen molar-refractivity contribution in [1.82, 2.24) is 14.3 Å².